The van der Waals surface area contributed by atoms with Crippen LogP contribution in [0.15, 0.2) is 24.3 Å². The Bertz CT molecular complexity index is 470. The third-order valence-electron chi connectivity index (χ3n) is 3.97. The lowest BCUT2D eigenvalue weighted by Crippen LogP contribution is -2.46. The third-order valence-corrected chi connectivity index (χ3v) is 5.10. The van der Waals surface area contributed by atoms with Crippen LogP contribution >= 0.6 is 24.2 Å². The summed E-state index contributed by atoms with van der Waals surface area (Å²) in [6.07, 6.45) is 1.60. The number of hydrogen-bond acceptors (Lipinski definition) is 3. The van der Waals surface area contributed by atoms with Crippen LogP contribution in [0.3, 0.4) is 0 Å². The largest absolute Gasteiger partial charge is 0.347 e. The van der Waals surface area contributed by atoms with Gasteiger partial charge in [0.25, 0.3) is 0 Å². The van der Waals surface area contributed by atoms with E-state index < -0.39 is 0 Å². The molecule has 124 valence electrons. The second kappa shape index (κ2) is 8.80. The summed E-state index contributed by atoms with van der Waals surface area (Å²) in [6.45, 7) is 7.28. The normalized spacial score (nSPS) is 18.4. The summed E-state index contributed by atoms with van der Waals surface area (Å²) in [5.74, 6) is 2.30. The van der Waals surface area contributed by atoms with Crippen molar-refractivity contribution in [3.63, 3.8) is 0 Å². The van der Waals surface area contributed by atoms with E-state index in [-0.39, 0.29) is 23.9 Å². The molecule has 2 N–H and O–H groups in total. The highest BCUT2D eigenvalue weighted by molar-refractivity contribution is 7.99. The second-order valence-electron chi connectivity index (χ2n) is 6.15. The Morgan fingerprint density at radius 2 is 2.05 bits per heavy atom. The Morgan fingerprint density at radius 1 is 1.36 bits per heavy atom. The monoisotopic (exact) mass is 342 g/mol. The van der Waals surface area contributed by atoms with Crippen LogP contribution < -0.4 is 10.6 Å². The number of aryl methyl sites for hydroxylation is 1. The summed E-state index contributed by atoms with van der Waals surface area (Å²) in [6, 6.07) is 8.83. The SMILES string of the molecule is CCc1ccc(C(C)(C)NC(=O)CC2CSCCN2)cc1.Cl. The van der Waals surface area contributed by atoms with Gasteiger partial charge in [-0.2, -0.15) is 11.8 Å². The van der Waals surface area contributed by atoms with Gasteiger partial charge in [0.2, 0.25) is 5.91 Å². The zero-order valence-electron chi connectivity index (χ0n) is 13.6. The van der Waals surface area contributed by atoms with E-state index >= 15 is 0 Å². The molecule has 1 aromatic carbocycles. The molecule has 0 spiro atoms. The van der Waals surface area contributed by atoms with Gasteiger partial charge in [0, 0.05) is 30.5 Å². The molecule has 1 amide bonds. The molecule has 1 atom stereocenters. The van der Waals surface area contributed by atoms with Gasteiger partial charge in [0.15, 0.2) is 0 Å². The molecule has 1 saturated heterocycles. The lowest BCUT2D eigenvalue weighted by atomic mass is 9.92. The first kappa shape index (κ1) is 19.3. The molecule has 1 unspecified atom stereocenters. The van der Waals surface area contributed by atoms with Crippen LogP contribution in [0.5, 0.6) is 0 Å². The van der Waals surface area contributed by atoms with Crippen LogP contribution in [0.2, 0.25) is 0 Å². The Labute approximate surface area is 144 Å². The smallest absolute Gasteiger partial charge is 0.222 e. The van der Waals surface area contributed by atoms with E-state index in [0.717, 1.165) is 30.0 Å². The van der Waals surface area contributed by atoms with Gasteiger partial charge >= 0.3 is 0 Å². The third kappa shape index (κ3) is 5.49. The van der Waals surface area contributed by atoms with Gasteiger partial charge in [-0.1, -0.05) is 31.2 Å². The van der Waals surface area contributed by atoms with Gasteiger partial charge in [-0.15, -0.1) is 12.4 Å². The minimum absolute atomic E-state index is 0. The van der Waals surface area contributed by atoms with Crippen LogP contribution in [0.4, 0.5) is 0 Å². The van der Waals surface area contributed by atoms with Gasteiger partial charge in [0.1, 0.15) is 0 Å². The maximum absolute atomic E-state index is 12.3. The van der Waals surface area contributed by atoms with E-state index in [0.29, 0.717) is 12.5 Å². The molecule has 1 aliphatic rings. The number of benzene rings is 1. The van der Waals surface area contributed by atoms with Crippen LogP contribution in [0.25, 0.3) is 0 Å². The molecule has 0 saturated carbocycles. The van der Waals surface area contributed by atoms with Crippen LogP contribution in [0, 0.1) is 0 Å². The fourth-order valence-electron chi connectivity index (χ4n) is 2.60. The van der Waals surface area contributed by atoms with Crippen molar-refractivity contribution in [2.24, 2.45) is 0 Å². The summed E-state index contributed by atoms with van der Waals surface area (Å²) in [7, 11) is 0. The molecule has 0 aliphatic carbocycles. The van der Waals surface area contributed by atoms with Crippen LogP contribution in [0.1, 0.15) is 38.3 Å². The fourth-order valence-corrected chi connectivity index (χ4v) is 3.55. The molecular weight excluding hydrogens is 316 g/mol. The second-order valence-corrected chi connectivity index (χ2v) is 7.30. The molecule has 0 aromatic heterocycles. The Kier molecular flexibility index (Phi) is 7.74. The van der Waals surface area contributed by atoms with Crippen molar-refractivity contribution in [2.45, 2.75) is 45.2 Å². The Hall–Kier alpha value is -0.710. The van der Waals surface area contributed by atoms with Crippen molar-refractivity contribution >= 4 is 30.1 Å². The Morgan fingerprint density at radius 3 is 2.59 bits per heavy atom. The lowest BCUT2D eigenvalue weighted by molar-refractivity contribution is -0.123. The highest BCUT2D eigenvalue weighted by atomic mass is 35.5. The summed E-state index contributed by atoms with van der Waals surface area (Å²) in [5, 5.41) is 6.58. The number of halogens is 1. The van der Waals surface area contributed by atoms with E-state index in [9.17, 15) is 4.79 Å². The van der Waals surface area contributed by atoms with Crippen LogP contribution in [-0.4, -0.2) is 30.0 Å². The first-order chi connectivity index (χ1) is 10.0. The van der Waals surface area contributed by atoms with Crippen molar-refractivity contribution in [3.8, 4) is 0 Å². The summed E-state index contributed by atoms with van der Waals surface area (Å²) in [4.78, 5) is 12.3. The molecule has 0 radical (unpaired) electrons. The van der Waals surface area contributed by atoms with Crippen molar-refractivity contribution in [3.05, 3.63) is 35.4 Å². The predicted octanol–water partition coefficient (Wildman–Crippen LogP) is 3.12. The van der Waals surface area contributed by atoms with Crippen molar-refractivity contribution in [1.29, 1.82) is 0 Å². The topological polar surface area (TPSA) is 41.1 Å². The van der Waals surface area contributed by atoms with Crippen LogP contribution in [-0.2, 0) is 16.8 Å². The Balaban J connectivity index is 0.00000242. The summed E-state index contributed by atoms with van der Waals surface area (Å²) < 4.78 is 0. The molecule has 3 nitrogen and oxygen atoms in total. The average Bonchev–Trinajstić information content (AvgIpc) is 2.47. The zero-order chi connectivity index (χ0) is 15.3. The molecule has 1 aromatic rings. The number of nitrogens with one attached hydrogen (secondary N) is 2. The summed E-state index contributed by atoms with van der Waals surface area (Å²) in [5.41, 5.74) is 2.15. The van der Waals surface area contributed by atoms with E-state index in [4.69, 9.17) is 0 Å². The van der Waals surface area contributed by atoms with E-state index in [2.05, 4.69) is 55.7 Å². The van der Waals surface area contributed by atoms with Crippen molar-refractivity contribution in [2.75, 3.05) is 18.1 Å². The average molecular weight is 343 g/mol. The molecule has 2 rings (SSSR count). The van der Waals surface area contributed by atoms with Gasteiger partial charge in [-0.3, -0.25) is 4.79 Å². The van der Waals surface area contributed by atoms with Gasteiger partial charge in [0.05, 0.1) is 5.54 Å². The van der Waals surface area contributed by atoms with E-state index in [1.54, 1.807) is 0 Å². The predicted molar refractivity (Wildman–Crippen MR) is 98.0 cm³/mol. The van der Waals surface area contributed by atoms with E-state index in [1.165, 1.54) is 5.56 Å². The summed E-state index contributed by atoms with van der Waals surface area (Å²) >= 11 is 1.92. The minimum Gasteiger partial charge on any atom is -0.347 e. The highest BCUT2D eigenvalue weighted by Gasteiger charge is 2.24. The van der Waals surface area contributed by atoms with E-state index in [1.807, 2.05) is 11.8 Å². The molecular formula is C17H27ClN2OS. The molecule has 1 heterocycles. The number of carbonyl (C=O) groups is 1. The molecule has 0 bridgehead atoms. The van der Waals surface area contributed by atoms with Crippen molar-refractivity contribution in [1.82, 2.24) is 10.6 Å². The molecule has 22 heavy (non-hydrogen) atoms. The minimum atomic E-state index is -0.328. The molecule has 1 fully saturated rings. The van der Waals surface area contributed by atoms with Gasteiger partial charge in [-0.25, -0.2) is 0 Å². The van der Waals surface area contributed by atoms with Gasteiger partial charge < -0.3 is 10.6 Å². The maximum atomic E-state index is 12.3. The zero-order valence-corrected chi connectivity index (χ0v) is 15.3. The first-order valence-electron chi connectivity index (χ1n) is 7.73. The maximum Gasteiger partial charge on any atom is 0.222 e. The number of rotatable bonds is 5. The number of amides is 1. The molecule has 5 heteroatoms. The lowest BCUT2D eigenvalue weighted by Gasteiger charge is -2.29. The quantitative estimate of drug-likeness (QED) is 0.863. The standard InChI is InChI=1S/C17H26N2OS.ClH/c1-4-13-5-7-14(8-6-13)17(2,3)19-16(20)11-15-12-21-10-9-18-15;/h5-8,15,18H,4,9-12H2,1-3H3,(H,19,20);1H. The van der Waals surface area contributed by atoms with Crippen molar-refractivity contribution < 1.29 is 4.79 Å². The number of hydrogen-bond donors (Lipinski definition) is 2. The molecule has 1 aliphatic heterocycles. The highest BCUT2D eigenvalue weighted by Crippen LogP contribution is 2.21. The number of thioether (sulfide) groups is 1. The first-order valence-corrected chi connectivity index (χ1v) is 8.88. The van der Waals surface area contributed by atoms with Gasteiger partial charge in [-0.05, 0) is 31.4 Å². The fraction of sp³-hybridized carbons (Fsp3) is 0.588. The number of carbonyl (C=O) groups excluding carboxylic acids is 1.